The Balaban J connectivity index is 2.78. The molecule has 2 amide bonds. The molecule has 6 nitrogen and oxygen atoms in total. The summed E-state index contributed by atoms with van der Waals surface area (Å²) in [5.74, 6) is -1.11. The SMILES string of the molecule is CC(C)OC(=O)CC(NC(=O)CC(=O)N(C)C)c1ccccc1. The predicted octanol–water partition coefficient (Wildman–Crippen LogP) is 1.66. The van der Waals surface area contributed by atoms with E-state index in [2.05, 4.69) is 5.32 Å². The Bertz CT molecular complexity index is 541. The zero-order valence-electron chi connectivity index (χ0n) is 14.0. The molecule has 0 radical (unpaired) electrons. The van der Waals surface area contributed by atoms with Crippen molar-refractivity contribution in [3.8, 4) is 0 Å². The van der Waals surface area contributed by atoms with Crippen LogP contribution in [0.4, 0.5) is 0 Å². The largest absolute Gasteiger partial charge is 0.463 e. The smallest absolute Gasteiger partial charge is 0.308 e. The monoisotopic (exact) mass is 320 g/mol. The minimum absolute atomic E-state index is 0.0179. The predicted molar refractivity (Wildman–Crippen MR) is 86.5 cm³/mol. The van der Waals surface area contributed by atoms with Gasteiger partial charge in [-0.15, -0.1) is 0 Å². The number of nitrogens with one attached hydrogen (secondary N) is 1. The van der Waals surface area contributed by atoms with Crippen molar-refractivity contribution in [2.45, 2.75) is 38.8 Å². The van der Waals surface area contributed by atoms with E-state index in [9.17, 15) is 14.4 Å². The van der Waals surface area contributed by atoms with Gasteiger partial charge in [0.25, 0.3) is 0 Å². The lowest BCUT2D eigenvalue weighted by molar-refractivity contribution is -0.148. The first kappa shape index (κ1) is 18.7. The van der Waals surface area contributed by atoms with Crippen LogP contribution in [0.5, 0.6) is 0 Å². The lowest BCUT2D eigenvalue weighted by Gasteiger charge is -2.20. The molecule has 1 aromatic rings. The molecule has 1 unspecified atom stereocenters. The maximum Gasteiger partial charge on any atom is 0.308 e. The van der Waals surface area contributed by atoms with Gasteiger partial charge < -0.3 is 15.0 Å². The standard InChI is InChI=1S/C17H24N2O4/c1-12(2)23-17(22)10-14(13-8-6-5-7-9-13)18-15(20)11-16(21)19(3)4/h5-9,12,14H,10-11H2,1-4H3,(H,18,20). The summed E-state index contributed by atoms with van der Waals surface area (Å²) in [6, 6.07) is 8.62. The number of carbonyl (C=O) groups excluding carboxylic acids is 3. The van der Waals surface area contributed by atoms with Crippen molar-refractivity contribution in [1.82, 2.24) is 10.2 Å². The van der Waals surface area contributed by atoms with Crippen LogP contribution in [0.1, 0.15) is 38.3 Å². The molecule has 23 heavy (non-hydrogen) atoms. The fourth-order valence-electron chi connectivity index (χ4n) is 1.96. The number of carbonyl (C=O) groups is 3. The normalized spacial score (nSPS) is 11.7. The van der Waals surface area contributed by atoms with Crippen LogP contribution in [0.25, 0.3) is 0 Å². The van der Waals surface area contributed by atoms with Crippen molar-refractivity contribution in [1.29, 1.82) is 0 Å². The quantitative estimate of drug-likeness (QED) is 0.612. The molecule has 0 bridgehead atoms. The molecule has 0 saturated carbocycles. The first-order chi connectivity index (χ1) is 10.8. The average molecular weight is 320 g/mol. The van der Waals surface area contributed by atoms with Gasteiger partial charge in [-0.05, 0) is 19.4 Å². The second-order valence-electron chi connectivity index (χ2n) is 5.74. The molecule has 1 rings (SSSR count). The van der Waals surface area contributed by atoms with Gasteiger partial charge in [0, 0.05) is 14.1 Å². The van der Waals surface area contributed by atoms with Gasteiger partial charge in [-0.25, -0.2) is 0 Å². The van der Waals surface area contributed by atoms with Crippen molar-refractivity contribution in [3.05, 3.63) is 35.9 Å². The van der Waals surface area contributed by atoms with E-state index in [1.54, 1.807) is 27.9 Å². The number of nitrogens with zero attached hydrogens (tertiary/aromatic N) is 1. The van der Waals surface area contributed by atoms with Crippen LogP contribution >= 0.6 is 0 Å². The topological polar surface area (TPSA) is 75.7 Å². The van der Waals surface area contributed by atoms with Crippen molar-refractivity contribution in [3.63, 3.8) is 0 Å². The van der Waals surface area contributed by atoms with E-state index in [1.165, 1.54) is 4.90 Å². The molecule has 126 valence electrons. The first-order valence-corrected chi connectivity index (χ1v) is 7.53. The van der Waals surface area contributed by atoms with Crippen molar-refractivity contribution >= 4 is 17.8 Å². The molecule has 0 saturated heterocycles. The van der Waals surface area contributed by atoms with E-state index >= 15 is 0 Å². The van der Waals surface area contributed by atoms with Crippen LogP contribution in [0.3, 0.4) is 0 Å². The lowest BCUT2D eigenvalue weighted by Crippen LogP contribution is -2.35. The number of rotatable bonds is 7. The summed E-state index contributed by atoms with van der Waals surface area (Å²) in [6.07, 6.45) is -0.454. The van der Waals surface area contributed by atoms with Crippen LogP contribution in [-0.4, -0.2) is 42.9 Å². The Morgan fingerprint density at radius 2 is 1.74 bits per heavy atom. The van der Waals surface area contributed by atoms with E-state index in [1.807, 2.05) is 30.3 Å². The van der Waals surface area contributed by atoms with Crippen LogP contribution in [0, 0.1) is 0 Å². The van der Waals surface area contributed by atoms with Crippen LogP contribution in [-0.2, 0) is 19.1 Å². The highest BCUT2D eigenvalue weighted by Crippen LogP contribution is 2.18. The van der Waals surface area contributed by atoms with Crippen molar-refractivity contribution in [2.75, 3.05) is 14.1 Å². The molecule has 6 heteroatoms. The maximum atomic E-state index is 12.0. The molecule has 0 aliphatic carbocycles. The molecular formula is C17H24N2O4. The van der Waals surface area contributed by atoms with Gasteiger partial charge in [-0.3, -0.25) is 14.4 Å². The van der Waals surface area contributed by atoms with Gasteiger partial charge in [0.15, 0.2) is 0 Å². The van der Waals surface area contributed by atoms with Gasteiger partial charge in [0.2, 0.25) is 11.8 Å². The lowest BCUT2D eigenvalue weighted by atomic mass is 10.0. The Hall–Kier alpha value is -2.37. The highest BCUT2D eigenvalue weighted by Gasteiger charge is 2.21. The molecule has 1 N–H and O–H groups in total. The molecular weight excluding hydrogens is 296 g/mol. The van der Waals surface area contributed by atoms with Gasteiger partial charge >= 0.3 is 5.97 Å². The van der Waals surface area contributed by atoms with E-state index in [0.717, 1.165) is 5.56 Å². The summed E-state index contributed by atoms with van der Waals surface area (Å²) in [6.45, 7) is 3.54. The second-order valence-corrected chi connectivity index (χ2v) is 5.74. The maximum absolute atomic E-state index is 12.0. The van der Waals surface area contributed by atoms with Gasteiger partial charge in [-0.1, -0.05) is 30.3 Å². The van der Waals surface area contributed by atoms with E-state index in [4.69, 9.17) is 4.74 Å². The summed E-state index contributed by atoms with van der Waals surface area (Å²) in [5, 5.41) is 2.74. The Kier molecular flexibility index (Phi) is 7.25. The molecule has 0 aliphatic rings. The third-order valence-corrected chi connectivity index (χ3v) is 3.09. The van der Waals surface area contributed by atoms with E-state index in [-0.39, 0.29) is 24.9 Å². The second kappa shape index (κ2) is 8.92. The average Bonchev–Trinajstić information content (AvgIpc) is 2.46. The third kappa shape index (κ3) is 6.95. The van der Waals surface area contributed by atoms with Crippen LogP contribution < -0.4 is 5.32 Å². The van der Waals surface area contributed by atoms with Crippen LogP contribution in [0.15, 0.2) is 30.3 Å². The fourth-order valence-corrected chi connectivity index (χ4v) is 1.96. The zero-order chi connectivity index (χ0) is 17.4. The van der Waals surface area contributed by atoms with Gasteiger partial charge in [-0.2, -0.15) is 0 Å². The number of amides is 2. The highest BCUT2D eigenvalue weighted by atomic mass is 16.5. The van der Waals surface area contributed by atoms with Crippen molar-refractivity contribution < 1.29 is 19.1 Å². The Morgan fingerprint density at radius 3 is 2.26 bits per heavy atom. The summed E-state index contributed by atoms with van der Waals surface area (Å²) in [5.41, 5.74) is 0.791. The summed E-state index contributed by atoms with van der Waals surface area (Å²) >= 11 is 0. The number of esters is 1. The van der Waals surface area contributed by atoms with E-state index < -0.39 is 17.9 Å². The molecule has 0 aromatic heterocycles. The minimum atomic E-state index is -0.523. The van der Waals surface area contributed by atoms with Gasteiger partial charge in [0.1, 0.15) is 6.42 Å². The fraction of sp³-hybridized carbons (Fsp3) is 0.471. The van der Waals surface area contributed by atoms with Gasteiger partial charge in [0.05, 0.1) is 18.6 Å². The Morgan fingerprint density at radius 1 is 1.13 bits per heavy atom. The Labute approximate surface area is 136 Å². The molecule has 1 atom stereocenters. The number of hydrogen-bond acceptors (Lipinski definition) is 4. The molecule has 0 aliphatic heterocycles. The van der Waals surface area contributed by atoms with Crippen molar-refractivity contribution in [2.24, 2.45) is 0 Å². The summed E-state index contributed by atoms with van der Waals surface area (Å²) in [7, 11) is 3.18. The summed E-state index contributed by atoms with van der Waals surface area (Å²) < 4.78 is 5.14. The number of benzene rings is 1. The van der Waals surface area contributed by atoms with Crippen LogP contribution in [0.2, 0.25) is 0 Å². The number of hydrogen-bond donors (Lipinski definition) is 1. The summed E-state index contributed by atoms with van der Waals surface area (Å²) in [4.78, 5) is 36.9. The first-order valence-electron chi connectivity index (χ1n) is 7.53. The molecule has 1 aromatic carbocycles. The molecule has 0 heterocycles. The van der Waals surface area contributed by atoms with E-state index in [0.29, 0.717) is 0 Å². The zero-order valence-corrected chi connectivity index (χ0v) is 14.0. The number of ether oxygens (including phenoxy) is 1. The highest BCUT2D eigenvalue weighted by molar-refractivity contribution is 5.97. The molecule has 0 spiro atoms. The molecule has 0 fully saturated rings. The third-order valence-electron chi connectivity index (χ3n) is 3.09. The minimum Gasteiger partial charge on any atom is -0.463 e.